The van der Waals surface area contributed by atoms with Gasteiger partial charge in [0.15, 0.2) is 5.60 Å². The largest absolute Gasteiger partial charge is 0.464 e. The second-order valence-corrected chi connectivity index (χ2v) is 8.71. The van der Waals surface area contributed by atoms with Crippen LogP contribution in [0.15, 0.2) is 66.7 Å². The molecule has 1 fully saturated rings. The third-order valence-corrected chi connectivity index (χ3v) is 6.50. The van der Waals surface area contributed by atoms with Crippen LogP contribution in [0.5, 0.6) is 0 Å². The molecular formula is C27H30N2O4. The van der Waals surface area contributed by atoms with E-state index in [0.717, 1.165) is 22.5 Å². The van der Waals surface area contributed by atoms with Gasteiger partial charge in [-0.25, -0.2) is 9.48 Å². The first-order valence-corrected chi connectivity index (χ1v) is 11.4. The fraction of sp³-hybridized carbons (Fsp3) is 0.370. The highest BCUT2D eigenvalue weighted by Gasteiger charge is 2.61. The van der Waals surface area contributed by atoms with E-state index < -0.39 is 29.5 Å². The molecule has 0 amide bonds. The molecule has 1 saturated heterocycles. The van der Waals surface area contributed by atoms with E-state index in [9.17, 15) is 9.59 Å². The quantitative estimate of drug-likeness (QED) is 0.513. The summed E-state index contributed by atoms with van der Waals surface area (Å²) in [6.07, 6.45) is -0.288. The molecule has 1 aliphatic heterocycles. The van der Waals surface area contributed by atoms with Crippen molar-refractivity contribution in [2.75, 3.05) is 6.61 Å². The summed E-state index contributed by atoms with van der Waals surface area (Å²) in [5.41, 5.74) is 2.03. The number of esters is 1. The lowest BCUT2D eigenvalue weighted by atomic mass is 9.76. The molecule has 0 radical (unpaired) electrons. The van der Waals surface area contributed by atoms with Crippen molar-refractivity contribution in [3.05, 3.63) is 89.2 Å². The topological polar surface area (TPSA) is 70.4 Å². The molecule has 1 aromatic heterocycles. The molecule has 4 rings (SSSR count). The van der Waals surface area contributed by atoms with Gasteiger partial charge in [0.1, 0.15) is 0 Å². The summed E-state index contributed by atoms with van der Waals surface area (Å²) in [5, 5.41) is 4.43. The maximum atomic E-state index is 13.9. The Morgan fingerprint density at radius 1 is 1.06 bits per heavy atom. The van der Waals surface area contributed by atoms with Gasteiger partial charge in [-0.15, -0.1) is 0 Å². The van der Waals surface area contributed by atoms with Gasteiger partial charge in [0, 0.05) is 18.0 Å². The van der Waals surface area contributed by atoms with Crippen molar-refractivity contribution in [1.82, 2.24) is 9.78 Å². The van der Waals surface area contributed by atoms with E-state index in [0.29, 0.717) is 6.42 Å². The second-order valence-electron chi connectivity index (χ2n) is 8.71. The van der Waals surface area contributed by atoms with Gasteiger partial charge in [-0.2, -0.15) is 5.10 Å². The Morgan fingerprint density at radius 3 is 2.27 bits per heavy atom. The minimum absolute atomic E-state index is 0.179. The molecule has 1 aliphatic rings. The molecule has 6 nitrogen and oxygen atoms in total. The number of ether oxygens (including phenoxy) is 2. The summed E-state index contributed by atoms with van der Waals surface area (Å²) in [4.78, 5) is 27.3. The number of aromatic nitrogens is 2. The fourth-order valence-corrected chi connectivity index (χ4v) is 4.88. The Balaban J connectivity index is 1.83. The number of hydrogen-bond acceptors (Lipinski definition) is 5. The average Bonchev–Trinajstić information content (AvgIpc) is 3.31. The molecule has 4 atom stereocenters. The van der Waals surface area contributed by atoms with Gasteiger partial charge in [0.2, 0.25) is 0 Å². The van der Waals surface area contributed by atoms with Crippen LogP contribution in [0.1, 0.15) is 47.3 Å². The first-order valence-electron chi connectivity index (χ1n) is 11.4. The van der Waals surface area contributed by atoms with Crippen molar-refractivity contribution in [3.63, 3.8) is 0 Å². The second kappa shape index (κ2) is 9.32. The van der Waals surface area contributed by atoms with Gasteiger partial charge in [-0.3, -0.25) is 4.79 Å². The number of carbonyl (C=O) groups excluding carboxylic acids is 2. The summed E-state index contributed by atoms with van der Waals surface area (Å²) >= 11 is 0. The number of benzene rings is 2. The lowest BCUT2D eigenvalue weighted by Gasteiger charge is -2.31. The highest BCUT2D eigenvalue weighted by atomic mass is 16.6. The van der Waals surface area contributed by atoms with Crippen molar-refractivity contribution in [2.24, 2.45) is 11.8 Å². The van der Waals surface area contributed by atoms with E-state index in [4.69, 9.17) is 9.47 Å². The van der Waals surface area contributed by atoms with E-state index in [1.807, 2.05) is 87.5 Å². The number of carbonyl (C=O) groups is 2. The maximum Gasteiger partial charge on any atom is 0.339 e. The molecule has 2 heterocycles. The van der Waals surface area contributed by atoms with Crippen LogP contribution in [0.4, 0.5) is 0 Å². The van der Waals surface area contributed by atoms with Crippen LogP contribution in [0.2, 0.25) is 0 Å². The Morgan fingerprint density at radius 2 is 1.70 bits per heavy atom. The molecule has 0 N–H and O–H groups in total. The minimum atomic E-state index is -1.30. The van der Waals surface area contributed by atoms with Gasteiger partial charge in [-0.05, 0) is 38.0 Å². The normalized spacial score (nSPS) is 24.5. The zero-order chi connectivity index (χ0) is 23.6. The molecule has 3 aromatic rings. The van der Waals surface area contributed by atoms with Crippen LogP contribution in [0.3, 0.4) is 0 Å². The monoisotopic (exact) mass is 446 g/mol. The van der Waals surface area contributed by atoms with E-state index in [1.165, 1.54) is 4.68 Å². The van der Waals surface area contributed by atoms with Crippen LogP contribution < -0.4 is 0 Å². The van der Waals surface area contributed by atoms with E-state index >= 15 is 0 Å². The van der Waals surface area contributed by atoms with Crippen LogP contribution in [-0.4, -0.2) is 33.9 Å². The molecular weight excluding hydrogens is 416 g/mol. The lowest BCUT2D eigenvalue weighted by molar-refractivity contribution is -0.174. The van der Waals surface area contributed by atoms with Gasteiger partial charge in [0.05, 0.1) is 24.3 Å². The van der Waals surface area contributed by atoms with E-state index in [2.05, 4.69) is 5.10 Å². The lowest BCUT2D eigenvalue weighted by Crippen LogP contribution is -2.48. The van der Waals surface area contributed by atoms with Crippen molar-refractivity contribution in [1.29, 1.82) is 0 Å². The molecule has 0 bridgehead atoms. The molecule has 0 aliphatic carbocycles. The Kier molecular flexibility index (Phi) is 6.47. The van der Waals surface area contributed by atoms with Crippen molar-refractivity contribution >= 4 is 11.9 Å². The highest BCUT2D eigenvalue weighted by molar-refractivity contribution is 5.87. The SMILES string of the molecule is CCOC(=O)[C@@]1(Cc2ccccc2)O[C@@H](c2ccccc2)[C@@H](C(=O)n2nc(C)cc2C)[C@@H]1C. The first kappa shape index (κ1) is 22.9. The molecule has 2 aromatic carbocycles. The molecule has 6 heteroatoms. The number of rotatable bonds is 6. The van der Waals surface area contributed by atoms with Gasteiger partial charge >= 0.3 is 5.97 Å². The molecule has 0 spiro atoms. The van der Waals surface area contributed by atoms with Crippen LogP contribution >= 0.6 is 0 Å². The van der Waals surface area contributed by atoms with Gasteiger partial charge in [0.25, 0.3) is 5.91 Å². The maximum absolute atomic E-state index is 13.9. The summed E-state index contributed by atoms with van der Waals surface area (Å²) in [6, 6.07) is 21.2. The van der Waals surface area contributed by atoms with E-state index in [1.54, 1.807) is 6.92 Å². The summed E-state index contributed by atoms with van der Waals surface area (Å²) < 4.78 is 13.6. The number of nitrogens with zero attached hydrogens (tertiary/aromatic N) is 2. The van der Waals surface area contributed by atoms with Gasteiger partial charge < -0.3 is 9.47 Å². The predicted octanol–water partition coefficient (Wildman–Crippen LogP) is 4.71. The third-order valence-electron chi connectivity index (χ3n) is 6.50. The van der Waals surface area contributed by atoms with Crippen LogP contribution in [0.25, 0.3) is 0 Å². The Hall–Kier alpha value is -3.25. The summed E-state index contributed by atoms with van der Waals surface area (Å²) in [5.74, 6) is -1.68. The zero-order valence-electron chi connectivity index (χ0n) is 19.5. The third kappa shape index (κ3) is 4.23. The minimum Gasteiger partial charge on any atom is -0.464 e. The number of aryl methyl sites for hydroxylation is 2. The van der Waals surface area contributed by atoms with Crippen molar-refractivity contribution in [2.45, 2.75) is 45.8 Å². The average molecular weight is 447 g/mol. The first-order chi connectivity index (χ1) is 15.9. The molecule has 0 saturated carbocycles. The molecule has 0 unspecified atom stereocenters. The smallest absolute Gasteiger partial charge is 0.339 e. The Labute approximate surface area is 194 Å². The predicted molar refractivity (Wildman–Crippen MR) is 125 cm³/mol. The van der Waals surface area contributed by atoms with Crippen molar-refractivity contribution in [3.8, 4) is 0 Å². The molecule has 172 valence electrons. The highest BCUT2D eigenvalue weighted by Crippen LogP contribution is 2.51. The van der Waals surface area contributed by atoms with Gasteiger partial charge in [-0.1, -0.05) is 67.6 Å². The molecule has 33 heavy (non-hydrogen) atoms. The summed E-state index contributed by atoms with van der Waals surface area (Å²) in [7, 11) is 0. The van der Waals surface area contributed by atoms with Crippen LogP contribution in [0, 0.1) is 25.7 Å². The standard InChI is InChI=1S/C27H30N2O4/c1-5-32-26(31)27(17-21-12-8-6-9-13-21)20(4)23(24(33-27)22-14-10-7-11-15-22)25(30)29-19(3)16-18(2)28-29/h6-16,20,23-24H,5,17H2,1-4H3/t20-,23-,24-,27-/m0/s1. The number of hydrogen-bond donors (Lipinski definition) is 0. The van der Waals surface area contributed by atoms with E-state index in [-0.39, 0.29) is 12.5 Å². The summed E-state index contributed by atoms with van der Waals surface area (Å²) in [6.45, 7) is 7.65. The van der Waals surface area contributed by atoms with Crippen molar-refractivity contribution < 1.29 is 19.1 Å². The van der Waals surface area contributed by atoms with Crippen LogP contribution in [-0.2, 0) is 20.7 Å². The Bertz CT molecular complexity index is 1130. The zero-order valence-corrected chi connectivity index (χ0v) is 19.5. The fourth-order valence-electron chi connectivity index (χ4n) is 4.88.